The van der Waals surface area contributed by atoms with Gasteiger partial charge in [-0.25, -0.2) is 17.8 Å². The van der Waals surface area contributed by atoms with Crippen LogP contribution in [0.15, 0.2) is 29.2 Å². The second-order valence-corrected chi connectivity index (χ2v) is 14.8. The summed E-state index contributed by atoms with van der Waals surface area (Å²) in [7, 11) is 0.206. The van der Waals surface area contributed by atoms with E-state index in [1.54, 1.807) is 24.3 Å². The van der Waals surface area contributed by atoms with Gasteiger partial charge in [-0.15, -0.1) is 0 Å². The first kappa shape index (κ1) is 34.1. The molecule has 2 aliphatic heterocycles. The van der Waals surface area contributed by atoms with Crippen LogP contribution in [0.4, 0.5) is 0 Å². The van der Waals surface area contributed by atoms with Crippen molar-refractivity contribution in [3.63, 3.8) is 0 Å². The van der Waals surface area contributed by atoms with Crippen molar-refractivity contribution in [2.24, 2.45) is 5.92 Å². The Hall–Kier alpha value is -2.80. The van der Waals surface area contributed by atoms with Gasteiger partial charge in [-0.2, -0.15) is 5.10 Å². The molecule has 1 aromatic heterocycles. The molecule has 12 heteroatoms. The topological polar surface area (TPSA) is 120 Å². The van der Waals surface area contributed by atoms with E-state index in [-0.39, 0.29) is 16.7 Å². The molecule has 2 aliphatic rings. The van der Waals surface area contributed by atoms with Crippen molar-refractivity contribution in [3.8, 4) is 5.69 Å². The summed E-state index contributed by atoms with van der Waals surface area (Å²) in [4.78, 5) is 33.6. The second kappa shape index (κ2) is 14.1. The van der Waals surface area contributed by atoms with Gasteiger partial charge in [0.1, 0.15) is 11.6 Å². The Labute approximate surface area is 263 Å². The van der Waals surface area contributed by atoms with Gasteiger partial charge in [0, 0.05) is 50.5 Å². The molecule has 2 amide bonds. The molecular weight excluding hydrogens is 578 g/mol. The van der Waals surface area contributed by atoms with E-state index in [9.17, 15) is 18.0 Å². The highest BCUT2D eigenvalue weighted by atomic mass is 32.2. The van der Waals surface area contributed by atoms with Crippen LogP contribution in [0, 0.1) is 19.8 Å². The third kappa shape index (κ3) is 7.35. The van der Waals surface area contributed by atoms with Crippen LogP contribution in [0.5, 0.6) is 0 Å². The lowest BCUT2D eigenvalue weighted by Gasteiger charge is -2.52. The standard InChI is InChI=1S/C32H51N7O4S/c1-8-9-17-38-30(40)29(21-23(2)3)34-31(41)32(38)14-18-37(19-15-32)22-28-24(4)35-39(25(28)5)26-10-12-27(13-11-26)44(42,43)33-16-20-36(6)7/h10-13,23,29,33H,8-9,14-22H2,1-7H3,(H,34,41)/t29-/m0/s1. The van der Waals surface area contributed by atoms with Gasteiger partial charge in [0.25, 0.3) is 0 Å². The van der Waals surface area contributed by atoms with Crippen molar-refractivity contribution in [2.45, 2.75) is 89.7 Å². The molecule has 2 fully saturated rings. The number of aromatic nitrogens is 2. The quantitative estimate of drug-likeness (QED) is 0.350. The number of carbonyl (C=O) groups is 2. The number of amides is 2. The first-order chi connectivity index (χ1) is 20.8. The Kier molecular flexibility index (Phi) is 10.9. The molecule has 1 spiro atoms. The molecule has 244 valence electrons. The van der Waals surface area contributed by atoms with E-state index in [1.165, 1.54) is 0 Å². The van der Waals surface area contributed by atoms with Gasteiger partial charge in [0.2, 0.25) is 21.8 Å². The number of carbonyl (C=O) groups excluding carboxylic acids is 2. The number of sulfonamides is 1. The maximum Gasteiger partial charge on any atom is 0.246 e. The molecule has 2 N–H and O–H groups in total. The summed E-state index contributed by atoms with van der Waals surface area (Å²) in [5, 5.41) is 7.88. The lowest BCUT2D eigenvalue weighted by molar-refractivity contribution is -0.161. The fourth-order valence-corrected chi connectivity index (χ4v) is 7.38. The van der Waals surface area contributed by atoms with Crippen LogP contribution in [0.1, 0.15) is 69.8 Å². The predicted octanol–water partition coefficient (Wildman–Crippen LogP) is 2.84. The molecule has 0 radical (unpaired) electrons. The van der Waals surface area contributed by atoms with Gasteiger partial charge in [-0.05, 0) is 83.8 Å². The van der Waals surface area contributed by atoms with Crippen molar-refractivity contribution in [1.82, 2.24) is 34.5 Å². The number of likely N-dealkylation sites (tertiary alicyclic amines) is 1. The minimum atomic E-state index is -3.59. The number of benzene rings is 1. The van der Waals surface area contributed by atoms with E-state index < -0.39 is 21.6 Å². The highest BCUT2D eigenvalue weighted by Crippen LogP contribution is 2.35. The zero-order valence-corrected chi connectivity index (χ0v) is 28.3. The number of piperazine rings is 1. The maximum absolute atomic E-state index is 13.6. The summed E-state index contributed by atoms with van der Waals surface area (Å²) in [6.07, 6.45) is 3.72. The number of aryl methyl sites for hydroxylation is 1. The number of hydrogen-bond acceptors (Lipinski definition) is 7. The Morgan fingerprint density at radius 2 is 1.77 bits per heavy atom. The molecule has 0 aliphatic carbocycles. The molecule has 0 unspecified atom stereocenters. The number of hydrogen-bond donors (Lipinski definition) is 2. The highest BCUT2D eigenvalue weighted by Gasteiger charge is 2.53. The van der Waals surface area contributed by atoms with Crippen LogP contribution in [0.3, 0.4) is 0 Å². The molecule has 1 aromatic carbocycles. The van der Waals surface area contributed by atoms with Crippen molar-refractivity contribution in [3.05, 3.63) is 41.2 Å². The SMILES string of the molecule is CCCCN1C(=O)[C@H](CC(C)C)NC(=O)C12CCN(Cc1c(C)nn(-c3ccc(S(=O)(=O)NCCN(C)C)cc3)c1C)CC2. The second-order valence-electron chi connectivity index (χ2n) is 13.1. The third-order valence-corrected chi connectivity index (χ3v) is 10.5. The average Bonchev–Trinajstić information content (AvgIpc) is 3.25. The zero-order chi connectivity index (χ0) is 32.2. The molecule has 1 atom stereocenters. The van der Waals surface area contributed by atoms with Crippen LogP contribution < -0.4 is 10.0 Å². The lowest BCUT2D eigenvalue weighted by atomic mass is 9.80. The molecule has 3 heterocycles. The van der Waals surface area contributed by atoms with Crippen molar-refractivity contribution in [2.75, 3.05) is 46.8 Å². The van der Waals surface area contributed by atoms with Crippen molar-refractivity contribution < 1.29 is 18.0 Å². The number of rotatable bonds is 13. The highest BCUT2D eigenvalue weighted by molar-refractivity contribution is 7.89. The minimum absolute atomic E-state index is 0.00274. The Balaban J connectivity index is 1.45. The largest absolute Gasteiger partial charge is 0.342 e. The number of nitrogens with one attached hydrogen (secondary N) is 2. The predicted molar refractivity (Wildman–Crippen MR) is 172 cm³/mol. The summed E-state index contributed by atoms with van der Waals surface area (Å²) in [5.41, 5.74) is 3.03. The first-order valence-electron chi connectivity index (χ1n) is 15.9. The summed E-state index contributed by atoms with van der Waals surface area (Å²) in [6, 6.07) is 6.35. The summed E-state index contributed by atoms with van der Waals surface area (Å²) < 4.78 is 29.9. The van der Waals surface area contributed by atoms with Gasteiger partial charge in [0.05, 0.1) is 16.3 Å². The van der Waals surface area contributed by atoms with Crippen LogP contribution in [-0.2, 0) is 26.2 Å². The van der Waals surface area contributed by atoms with Gasteiger partial charge >= 0.3 is 0 Å². The summed E-state index contributed by atoms with van der Waals surface area (Å²) in [5.74, 6) is 0.384. The first-order valence-corrected chi connectivity index (χ1v) is 17.4. The monoisotopic (exact) mass is 629 g/mol. The fraction of sp³-hybridized carbons (Fsp3) is 0.656. The smallest absolute Gasteiger partial charge is 0.246 e. The van der Waals surface area contributed by atoms with E-state index in [4.69, 9.17) is 5.10 Å². The molecule has 0 bridgehead atoms. The molecule has 0 saturated carbocycles. The molecule has 4 rings (SSSR count). The molecule has 2 saturated heterocycles. The number of likely N-dealkylation sites (N-methyl/N-ethyl adjacent to an activating group) is 1. The number of piperidine rings is 1. The Bertz CT molecular complexity index is 1410. The molecule has 44 heavy (non-hydrogen) atoms. The fourth-order valence-electron chi connectivity index (χ4n) is 6.36. The van der Waals surface area contributed by atoms with Gasteiger partial charge in [0.15, 0.2) is 0 Å². The third-order valence-electron chi connectivity index (χ3n) is 9.00. The van der Waals surface area contributed by atoms with E-state index in [2.05, 4.69) is 35.7 Å². The van der Waals surface area contributed by atoms with Gasteiger partial charge in [-0.3, -0.25) is 14.5 Å². The number of nitrogens with zero attached hydrogens (tertiary/aromatic N) is 5. The van der Waals surface area contributed by atoms with Crippen LogP contribution >= 0.6 is 0 Å². The number of unbranched alkanes of at least 4 members (excludes halogenated alkanes) is 1. The summed E-state index contributed by atoms with van der Waals surface area (Å²) >= 11 is 0. The van der Waals surface area contributed by atoms with Crippen LogP contribution in [0.2, 0.25) is 0 Å². The Morgan fingerprint density at radius 1 is 1.11 bits per heavy atom. The maximum atomic E-state index is 13.6. The van der Waals surface area contributed by atoms with E-state index in [1.807, 2.05) is 42.4 Å². The Morgan fingerprint density at radius 3 is 2.36 bits per heavy atom. The lowest BCUT2D eigenvalue weighted by Crippen LogP contribution is -2.73. The molecule has 2 aromatic rings. The van der Waals surface area contributed by atoms with Crippen LogP contribution in [-0.4, -0.2) is 103 Å². The molecular formula is C32H51N7O4S. The van der Waals surface area contributed by atoms with E-state index in [0.717, 1.165) is 35.5 Å². The average molecular weight is 630 g/mol. The van der Waals surface area contributed by atoms with E-state index >= 15 is 0 Å². The van der Waals surface area contributed by atoms with E-state index in [0.29, 0.717) is 64.4 Å². The van der Waals surface area contributed by atoms with Crippen LogP contribution in [0.25, 0.3) is 5.69 Å². The van der Waals surface area contributed by atoms with Gasteiger partial charge < -0.3 is 15.1 Å². The summed E-state index contributed by atoms with van der Waals surface area (Å²) in [6.45, 7) is 14.0. The zero-order valence-electron chi connectivity index (χ0n) is 27.5. The van der Waals surface area contributed by atoms with Gasteiger partial charge in [-0.1, -0.05) is 27.2 Å². The molecule has 11 nitrogen and oxygen atoms in total. The van der Waals surface area contributed by atoms with Crippen molar-refractivity contribution >= 4 is 21.8 Å². The normalized spacial score (nSPS) is 19.4. The van der Waals surface area contributed by atoms with Crippen molar-refractivity contribution in [1.29, 1.82) is 0 Å². The minimum Gasteiger partial charge on any atom is -0.342 e.